The van der Waals surface area contributed by atoms with Crippen LogP contribution in [0.5, 0.6) is 46.0 Å². The maximum atomic E-state index is 9.53. The van der Waals surface area contributed by atoms with Crippen molar-refractivity contribution < 1.29 is 52.3 Å². The predicted octanol–water partition coefficient (Wildman–Crippen LogP) is 10.2. The zero-order chi connectivity index (χ0) is 42.0. The highest BCUT2D eigenvalue weighted by molar-refractivity contribution is 6.71. The lowest BCUT2D eigenvalue weighted by Gasteiger charge is -2.21. The van der Waals surface area contributed by atoms with Gasteiger partial charge in [-0.05, 0) is 113 Å². The predicted molar refractivity (Wildman–Crippen MR) is 234 cm³/mol. The van der Waals surface area contributed by atoms with Crippen molar-refractivity contribution in [2.75, 3.05) is 54.4 Å². The molecule has 0 aliphatic rings. The van der Waals surface area contributed by atoms with Gasteiger partial charge in [-0.1, -0.05) is 24.3 Å². The molecule has 14 heteroatoms. The largest absolute Gasteiger partial charge is 0.504 e. The number of phenols is 3. The molecule has 0 aliphatic carbocycles. The first-order chi connectivity index (χ1) is 26.5. The van der Waals surface area contributed by atoms with Gasteiger partial charge in [-0.15, -0.1) is 13.2 Å². The summed E-state index contributed by atoms with van der Waals surface area (Å²) in [6.07, 6.45) is 6.42. The van der Waals surface area contributed by atoms with Gasteiger partial charge in [-0.25, -0.2) is 0 Å². The van der Waals surface area contributed by atoms with Crippen LogP contribution in [0.2, 0.25) is 57.4 Å². The van der Waals surface area contributed by atoms with Gasteiger partial charge in [0.05, 0.1) is 47.3 Å². The molecule has 314 valence electrons. The monoisotopic (exact) mass is 832 g/mol. The number of ether oxygens (including phenoxy) is 5. The second kappa shape index (κ2) is 26.8. The summed E-state index contributed by atoms with van der Waals surface area (Å²) >= 11 is 0. The Bertz CT molecular complexity index is 1550. The molecule has 3 rings (SSSR count). The number of methoxy groups -OCH3 is 2. The quantitative estimate of drug-likeness (QED) is 0.0452. The second-order valence-electron chi connectivity index (χ2n) is 14.7. The van der Waals surface area contributed by atoms with Crippen molar-refractivity contribution in [3.8, 4) is 46.0 Å². The van der Waals surface area contributed by atoms with E-state index in [1.165, 1.54) is 14.2 Å². The maximum Gasteiger partial charge on any atom is 0.187 e. The lowest BCUT2D eigenvalue weighted by Crippen LogP contribution is -2.30. The highest BCUT2D eigenvalue weighted by atomic mass is 28.4. The van der Waals surface area contributed by atoms with Crippen LogP contribution in [0, 0.1) is 0 Å². The zero-order valence-corrected chi connectivity index (χ0v) is 38.2. The van der Waals surface area contributed by atoms with Gasteiger partial charge in [0.2, 0.25) is 0 Å². The first kappa shape index (κ1) is 50.1. The third-order valence-electron chi connectivity index (χ3n) is 8.47. The second-order valence-corrected chi connectivity index (χ2v) is 27.7. The fraction of sp³-hybridized carbons (Fsp3) is 0.476. The third-order valence-corrected chi connectivity index (χ3v) is 16.1. The minimum Gasteiger partial charge on any atom is -0.504 e. The molecule has 0 unspecified atom stereocenters. The normalized spacial score (nSPS) is 11.2. The number of hydrogen-bond donors (Lipinski definition) is 3. The van der Waals surface area contributed by atoms with Gasteiger partial charge in [0.1, 0.15) is 11.5 Å². The van der Waals surface area contributed by atoms with E-state index in [9.17, 15) is 15.3 Å². The molecule has 0 aromatic heterocycles. The molecule has 0 radical (unpaired) electrons. The van der Waals surface area contributed by atoms with Crippen LogP contribution in [0.1, 0.15) is 19.3 Å². The highest BCUT2D eigenvalue weighted by Crippen LogP contribution is 2.31. The summed E-state index contributed by atoms with van der Waals surface area (Å²) in [5.74, 6) is 3.24. The van der Waals surface area contributed by atoms with Crippen molar-refractivity contribution in [2.45, 2.75) is 76.7 Å². The molecule has 3 aromatic rings. The van der Waals surface area contributed by atoms with Gasteiger partial charge >= 0.3 is 0 Å². The van der Waals surface area contributed by atoms with Crippen LogP contribution >= 0.6 is 0 Å². The van der Waals surface area contributed by atoms with Crippen LogP contribution in [0.25, 0.3) is 0 Å². The van der Waals surface area contributed by atoms with E-state index in [0.29, 0.717) is 61.8 Å². The van der Waals surface area contributed by atoms with E-state index in [1.807, 2.05) is 6.07 Å². The Hall–Kier alpha value is -3.93. The van der Waals surface area contributed by atoms with Crippen LogP contribution in [-0.4, -0.2) is 94.6 Å². The molecule has 0 bridgehead atoms. The molecule has 3 N–H and O–H groups in total. The molecule has 0 amide bonds. The molecule has 3 aromatic carbocycles. The van der Waals surface area contributed by atoms with E-state index in [2.05, 4.69) is 52.4 Å². The Morgan fingerprint density at radius 1 is 0.518 bits per heavy atom. The summed E-state index contributed by atoms with van der Waals surface area (Å²) in [5, 5.41) is 28.5. The molecule has 0 fully saturated rings. The van der Waals surface area contributed by atoms with E-state index in [-0.39, 0.29) is 17.2 Å². The summed E-state index contributed by atoms with van der Waals surface area (Å²) in [6.45, 7) is 23.6. The Morgan fingerprint density at radius 2 is 0.911 bits per heavy atom. The van der Waals surface area contributed by atoms with Crippen LogP contribution in [0.4, 0.5) is 0 Å². The van der Waals surface area contributed by atoms with Gasteiger partial charge in [-0.3, -0.25) is 0 Å². The van der Waals surface area contributed by atoms with Gasteiger partial charge < -0.3 is 52.3 Å². The van der Waals surface area contributed by atoms with E-state index in [0.717, 1.165) is 37.4 Å². The van der Waals surface area contributed by atoms with Crippen LogP contribution in [-0.2, 0) is 13.3 Å². The molecule has 56 heavy (non-hydrogen) atoms. The zero-order valence-electron chi connectivity index (χ0n) is 35.2. The molecular weight excluding hydrogens is 765 g/mol. The lowest BCUT2D eigenvalue weighted by molar-refractivity contribution is 0.293. The number of rotatable bonds is 24. The number of hydrogen-bond acceptors (Lipinski definition) is 11. The van der Waals surface area contributed by atoms with Gasteiger partial charge in [-0.2, -0.15) is 0 Å². The summed E-state index contributed by atoms with van der Waals surface area (Å²) < 4.78 is 43.9. The van der Waals surface area contributed by atoms with Crippen LogP contribution in [0.3, 0.4) is 0 Å². The number of phenolic OH excluding ortho intramolecular Hbond substituents is 3. The van der Waals surface area contributed by atoms with Crippen molar-refractivity contribution >= 4 is 25.0 Å². The van der Waals surface area contributed by atoms with E-state index >= 15 is 0 Å². The van der Waals surface area contributed by atoms with Crippen molar-refractivity contribution in [1.82, 2.24) is 0 Å². The first-order valence-corrected chi connectivity index (χ1v) is 28.3. The summed E-state index contributed by atoms with van der Waals surface area (Å²) in [7, 11) is 0.131. The molecule has 0 saturated carbocycles. The first-order valence-electron chi connectivity index (χ1n) is 19.0. The van der Waals surface area contributed by atoms with Gasteiger partial charge in [0.15, 0.2) is 59.4 Å². The van der Waals surface area contributed by atoms with Gasteiger partial charge in [0.25, 0.3) is 0 Å². The van der Waals surface area contributed by atoms with Crippen molar-refractivity contribution in [2.24, 2.45) is 0 Å². The van der Waals surface area contributed by atoms with E-state index in [4.69, 9.17) is 37.0 Å². The average Bonchev–Trinajstić information content (AvgIpc) is 3.17. The summed E-state index contributed by atoms with van der Waals surface area (Å²) in [5.41, 5.74) is 0. The van der Waals surface area contributed by atoms with Gasteiger partial charge in [0, 0.05) is 19.2 Å². The summed E-state index contributed by atoms with van der Waals surface area (Å²) in [4.78, 5) is 0. The fourth-order valence-corrected chi connectivity index (χ4v) is 9.56. The molecule has 0 heterocycles. The number of aromatic hydroxyl groups is 3. The average molecular weight is 833 g/mol. The number of benzene rings is 3. The molecular formula is C42H68O11Si3. The molecule has 0 aliphatic heterocycles. The minimum atomic E-state index is -1.61. The SMILES string of the molecule is C=CCO[Si](C)(C)CCCOc1ccc(O)c(OC)c1.C=CCO[Si](C)(C)CCCOc1ccccc1O.COc1cc(OCCC[Si](C)(C)OC)ccc1O. The van der Waals surface area contributed by atoms with Crippen LogP contribution < -0.4 is 23.7 Å². The highest BCUT2D eigenvalue weighted by Gasteiger charge is 2.22. The molecule has 0 spiro atoms. The smallest absolute Gasteiger partial charge is 0.187 e. The van der Waals surface area contributed by atoms with E-state index in [1.54, 1.807) is 73.9 Å². The summed E-state index contributed by atoms with van der Waals surface area (Å²) in [6, 6.07) is 20.1. The Morgan fingerprint density at radius 3 is 1.30 bits per heavy atom. The maximum absolute atomic E-state index is 9.53. The standard InChI is InChI=1S/C15H24O4Si.C14H22O3Si.C13H22O4Si/c1-5-9-19-20(3,4)11-6-10-18-13-7-8-14(16)15(12-13)17-2;1-4-10-17-18(2,3)12-7-11-16-14-9-6-5-8-13(14)15;1-15-13-10-11(6-7-12(13)14)17-8-5-9-18(3,4)16-2/h5,7-8,12,16H,1,6,9-11H2,2-4H3;4-6,8-9,15H,1,7,10-12H2,2-3H3;6-7,10,14H,5,8-9H2,1-4H3. The Balaban J connectivity index is 0.000000421. The third kappa shape index (κ3) is 22.0. The fourth-order valence-electron chi connectivity index (χ4n) is 4.95. The molecule has 11 nitrogen and oxygen atoms in total. The lowest BCUT2D eigenvalue weighted by atomic mass is 10.3. The van der Waals surface area contributed by atoms with Crippen molar-refractivity contribution in [3.63, 3.8) is 0 Å². The van der Waals surface area contributed by atoms with E-state index < -0.39 is 25.0 Å². The molecule has 0 atom stereocenters. The topological polar surface area (TPSA) is 135 Å². The Kier molecular flexibility index (Phi) is 24.0. The van der Waals surface area contributed by atoms with Crippen molar-refractivity contribution in [1.29, 1.82) is 0 Å². The van der Waals surface area contributed by atoms with Crippen LogP contribution in [0.15, 0.2) is 86.0 Å². The minimum absolute atomic E-state index is 0.117. The Labute approximate surface area is 339 Å². The number of para-hydroxylation sites is 2. The van der Waals surface area contributed by atoms with Crippen molar-refractivity contribution in [3.05, 3.63) is 86.0 Å². The molecule has 0 saturated heterocycles.